The first-order valence-corrected chi connectivity index (χ1v) is 4.86. The molecule has 2 rings (SSSR count). The van der Waals surface area contributed by atoms with E-state index in [2.05, 4.69) is 15.4 Å². The summed E-state index contributed by atoms with van der Waals surface area (Å²) in [7, 11) is 1.69. The summed E-state index contributed by atoms with van der Waals surface area (Å²) in [6.45, 7) is 2.75. The lowest BCUT2D eigenvalue weighted by Gasteiger charge is -2.10. The van der Waals surface area contributed by atoms with Crippen LogP contribution in [0, 0.1) is 0 Å². The van der Waals surface area contributed by atoms with Gasteiger partial charge in [-0.1, -0.05) is 0 Å². The van der Waals surface area contributed by atoms with Crippen molar-refractivity contribution in [2.24, 2.45) is 0 Å². The maximum Gasteiger partial charge on any atom is 0.157 e. The van der Waals surface area contributed by atoms with Gasteiger partial charge in [0.15, 0.2) is 5.65 Å². The second kappa shape index (κ2) is 4.27. The Balaban J connectivity index is 2.08. The van der Waals surface area contributed by atoms with E-state index in [1.165, 1.54) is 0 Å². The Bertz CT molecular complexity index is 440. The van der Waals surface area contributed by atoms with Crippen LogP contribution in [-0.2, 0) is 4.74 Å². The molecule has 0 radical (unpaired) electrons. The first kappa shape index (κ1) is 9.92. The third-order valence-electron chi connectivity index (χ3n) is 2.23. The fourth-order valence-corrected chi connectivity index (χ4v) is 1.24. The Kier molecular flexibility index (Phi) is 2.82. The topological polar surface area (TPSA) is 51.5 Å². The average molecular weight is 206 g/mol. The zero-order valence-corrected chi connectivity index (χ0v) is 8.84. The summed E-state index contributed by atoms with van der Waals surface area (Å²) in [6.07, 6.45) is 3.78. The highest BCUT2D eigenvalue weighted by atomic mass is 16.5. The van der Waals surface area contributed by atoms with Crippen molar-refractivity contribution in [3.05, 3.63) is 24.5 Å². The van der Waals surface area contributed by atoms with Crippen molar-refractivity contribution in [3.8, 4) is 0 Å². The van der Waals surface area contributed by atoms with Crippen molar-refractivity contribution in [1.29, 1.82) is 0 Å². The van der Waals surface area contributed by atoms with Crippen LogP contribution in [0.2, 0.25) is 0 Å². The summed E-state index contributed by atoms with van der Waals surface area (Å²) >= 11 is 0. The Labute approximate surface area is 88.1 Å². The van der Waals surface area contributed by atoms with Gasteiger partial charge in [0.25, 0.3) is 0 Å². The van der Waals surface area contributed by atoms with E-state index < -0.39 is 0 Å². The van der Waals surface area contributed by atoms with Crippen LogP contribution in [0.25, 0.3) is 5.65 Å². The normalized spacial score (nSPS) is 12.9. The maximum absolute atomic E-state index is 5.14. The minimum absolute atomic E-state index is 0.174. The number of nitrogens with one attached hydrogen (secondary N) is 1. The summed E-state index contributed by atoms with van der Waals surface area (Å²) in [6, 6.07) is 3.76. The number of aromatic nitrogens is 3. The van der Waals surface area contributed by atoms with Crippen LogP contribution in [0.5, 0.6) is 0 Å². The van der Waals surface area contributed by atoms with Gasteiger partial charge in [0.1, 0.15) is 5.82 Å². The van der Waals surface area contributed by atoms with Gasteiger partial charge in [-0.05, 0) is 13.0 Å². The first-order valence-electron chi connectivity index (χ1n) is 4.86. The molecule has 0 amide bonds. The Morgan fingerprint density at radius 1 is 1.53 bits per heavy atom. The van der Waals surface area contributed by atoms with Crippen molar-refractivity contribution in [2.75, 3.05) is 19.0 Å². The van der Waals surface area contributed by atoms with E-state index in [0.29, 0.717) is 0 Å². The van der Waals surface area contributed by atoms with E-state index in [1.54, 1.807) is 17.8 Å². The van der Waals surface area contributed by atoms with E-state index in [0.717, 1.165) is 18.0 Å². The third-order valence-corrected chi connectivity index (χ3v) is 2.23. The lowest BCUT2D eigenvalue weighted by atomic mass is 10.4. The van der Waals surface area contributed by atoms with Gasteiger partial charge >= 0.3 is 0 Å². The molecule has 0 saturated carbocycles. The molecule has 0 aliphatic heterocycles. The molecule has 0 aliphatic carbocycles. The van der Waals surface area contributed by atoms with E-state index in [1.807, 2.05) is 25.3 Å². The molecule has 0 aliphatic rings. The first-order chi connectivity index (χ1) is 7.29. The van der Waals surface area contributed by atoms with Crippen LogP contribution in [0.15, 0.2) is 24.5 Å². The summed E-state index contributed by atoms with van der Waals surface area (Å²) < 4.78 is 6.86. The molecule has 0 spiro atoms. The number of ether oxygens (including phenoxy) is 1. The Morgan fingerprint density at radius 2 is 2.40 bits per heavy atom. The van der Waals surface area contributed by atoms with Crippen molar-refractivity contribution in [3.63, 3.8) is 0 Å². The van der Waals surface area contributed by atoms with Gasteiger partial charge in [0.05, 0.1) is 12.3 Å². The fourth-order valence-electron chi connectivity index (χ4n) is 1.24. The summed E-state index contributed by atoms with van der Waals surface area (Å²) in [4.78, 5) is 4.38. The predicted octanol–water partition coefficient (Wildman–Crippen LogP) is 1.18. The molecule has 0 bridgehead atoms. The number of anilines is 1. The molecule has 2 aromatic heterocycles. The van der Waals surface area contributed by atoms with E-state index in [9.17, 15) is 0 Å². The Hall–Kier alpha value is -1.62. The zero-order valence-electron chi connectivity index (χ0n) is 8.84. The molecule has 5 heteroatoms. The zero-order chi connectivity index (χ0) is 10.7. The quantitative estimate of drug-likeness (QED) is 0.816. The molecule has 2 aromatic rings. The monoisotopic (exact) mass is 206 g/mol. The minimum atomic E-state index is 0.174. The number of nitrogens with zero attached hydrogens (tertiary/aromatic N) is 3. The molecule has 5 nitrogen and oxygen atoms in total. The van der Waals surface area contributed by atoms with Crippen LogP contribution in [0.1, 0.15) is 6.92 Å². The predicted molar refractivity (Wildman–Crippen MR) is 57.9 cm³/mol. The largest absolute Gasteiger partial charge is 0.380 e. The summed E-state index contributed by atoms with van der Waals surface area (Å²) in [5, 5.41) is 7.27. The third kappa shape index (κ3) is 2.24. The van der Waals surface area contributed by atoms with E-state index >= 15 is 0 Å². The van der Waals surface area contributed by atoms with Gasteiger partial charge in [-0.25, -0.2) is 9.50 Å². The number of rotatable bonds is 4. The molecule has 1 atom stereocenters. The minimum Gasteiger partial charge on any atom is -0.380 e. The molecule has 1 unspecified atom stereocenters. The highest BCUT2D eigenvalue weighted by Gasteiger charge is 2.01. The molecular formula is C10H14N4O. The molecule has 0 fully saturated rings. The molecule has 15 heavy (non-hydrogen) atoms. The summed E-state index contributed by atoms with van der Waals surface area (Å²) in [5.74, 6) is 0.840. The van der Waals surface area contributed by atoms with Gasteiger partial charge in [0, 0.05) is 25.9 Å². The molecule has 0 aromatic carbocycles. The van der Waals surface area contributed by atoms with Crippen LogP contribution in [0.3, 0.4) is 0 Å². The second-order valence-corrected chi connectivity index (χ2v) is 3.37. The number of hydrogen-bond donors (Lipinski definition) is 1. The number of fused-ring (bicyclic) bond motifs is 1. The van der Waals surface area contributed by atoms with Crippen LogP contribution in [-0.4, -0.2) is 34.4 Å². The maximum atomic E-state index is 5.14. The molecular weight excluding hydrogens is 192 g/mol. The lowest BCUT2D eigenvalue weighted by Crippen LogP contribution is -2.18. The van der Waals surface area contributed by atoms with E-state index in [-0.39, 0.29) is 6.10 Å². The number of hydrogen-bond acceptors (Lipinski definition) is 4. The van der Waals surface area contributed by atoms with Crippen molar-refractivity contribution >= 4 is 11.5 Å². The van der Waals surface area contributed by atoms with Crippen molar-refractivity contribution in [2.45, 2.75) is 13.0 Å². The summed E-state index contributed by atoms with van der Waals surface area (Å²) in [5.41, 5.74) is 0.838. The molecule has 2 heterocycles. The second-order valence-electron chi connectivity index (χ2n) is 3.37. The van der Waals surface area contributed by atoms with Gasteiger partial charge < -0.3 is 10.1 Å². The highest BCUT2D eigenvalue weighted by Crippen LogP contribution is 2.05. The van der Waals surface area contributed by atoms with Crippen LogP contribution in [0.4, 0.5) is 5.82 Å². The Morgan fingerprint density at radius 3 is 3.20 bits per heavy atom. The fraction of sp³-hybridized carbons (Fsp3) is 0.400. The van der Waals surface area contributed by atoms with Gasteiger partial charge in [-0.15, -0.1) is 0 Å². The highest BCUT2D eigenvalue weighted by molar-refractivity contribution is 5.45. The number of methoxy groups -OCH3 is 1. The SMILES string of the molecule is COC(C)CNc1ccn2nccc2n1. The molecule has 0 saturated heterocycles. The standard InChI is InChI=1S/C10H14N4O/c1-8(15-2)7-11-9-4-6-14-10(13-9)3-5-12-14/h3-6,8H,7H2,1-2H3,(H,11,13). The van der Waals surface area contributed by atoms with Gasteiger partial charge in [0.2, 0.25) is 0 Å². The average Bonchev–Trinajstić information content (AvgIpc) is 2.72. The van der Waals surface area contributed by atoms with Gasteiger partial charge in [-0.2, -0.15) is 5.10 Å². The molecule has 80 valence electrons. The lowest BCUT2D eigenvalue weighted by molar-refractivity contribution is 0.128. The van der Waals surface area contributed by atoms with Crippen molar-refractivity contribution in [1.82, 2.24) is 14.6 Å². The van der Waals surface area contributed by atoms with Crippen LogP contribution >= 0.6 is 0 Å². The molecule has 1 N–H and O–H groups in total. The van der Waals surface area contributed by atoms with E-state index in [4.69, 9.17) is 4.74 Å². The van der Waals surface area contributed by atoms with Gasteiger partial charge in [-0.3, -0.25) is 0 Å². The van der Waals surface area contributed by atoms with Crippen molar-refractivity contribution < 1.29 is 4.74 Å². The smallest absolute Gasteiger partial charge is 0.157 e. The van der Waals surface area contributed by atoms with Crippen LogP contribution < -0.4 is 5.32 Å².